The van der Waals surface area contributed by atoms with Crippen molar-refractivity contribution in [1.29, 1.82) is 5.26 Å². The normalized spacial score (nSPS) is 10.6. The summed E-state index contributed by atoms with van der Waals surface area (Å²) in [4.78, 5) is 14.1. The SMILES string of the molecule is CC(C)(NC(=O)CC#N)c1cc[nH]c1. The fourth-order valence-electron chi connectivity index (χ4n) is 1.25. The van der Waals surface area contributed by atoms with E-state index in [1.807, 2.05) is 32.2 Å². The summed E-state index contributed by atoms with van der Waals surface area (Å²) in [7, 11) is 0. The summed E-state index contributed by atoms with van der Waals surface area (Å²) in [6, 6.07) is 3.71. The van der Waals surface area contributed by atoms with E-state index >= 15 is 0 Å². The van der Waals surface area contributed by atoms with Crippen molar-refractivity contribution < 1.29 is 4.79 Å². The van der Waals surface area contributed by atoms with Crippen LogP contribution in [0.15, 0.2) is 18.5 Å². The molecule has 0 saturated carbocycles. The number of carbonyl (C=O) groups excluding carboxylic acids is 1. The van der Waals surface area contributed by atoms with Crippen molar-refractivity contribution in [2.24, 2.45) is 0 Å². The minimum absolute atomic E-state index is 0.103. The molecule has 0 aromatic carbocycles. The summed E-state index contributed by atoms with van der Waals surface area (Å²) >= 11 is 0. The molecule has 0 fully saturated rings. The Morgan fingerprint density at radius 3 is 2.93 bits per heavy atom. The second-order valence-corrected chi connectivity index (χ2v) is 3.61. The lowest BCUT2D eigenvalue weighted by Crippen LogP contribution is -2.40. The Morgan fingerprint density at radius 2 is 2.43 bits per heavy atom. The number of carbonyl (C=O) groups is 1. The number of rotatable bonds is 3. The molecule has 0 radical (unpaired) electrons. The van der Waals surface area contributed by atoms with E-state index < -0.39 is 5.54 Å². The summed E-state index contributed by atoms with van der Waals surface area (Å²) in [5.74, 6) is -0.251. The highest BCUT2D eigenvalue weighted by Gasteiger charge is 2.22. The van der Waals surface area contributed by atoms with Gasteiger partial charge in [-0.2, -0.15) is 5.26 Å². The third-order valence-corrected chi connectivity index (χ3v) is 2.01. The molecule has 1 heterocycles. The van der Waals surface area contributed by atoms with Crippen LogP contribution in [-0.2, 0) is 10.3 Å². The highest BCUT2D eigenvalue weighted by atomic mass is 16.1. The van der Waals surface area contributed by atoms with Gasteiger partial charge in [-0.1, -0.05) is 0 Å². The molecule has 0 spiro atoms. The molecule has 0 bridgehead atoms. The highest BCUT2D eigenvalue weighted by molar-refractivity contribution is 5.78. The number of hydrogen-bond donors (Lipinski definition) is 2. The van der Waals surface area contributed by atoms with Crippen LogP contribution in [0.2, 0.25) is 0 Å². The molecular formula is C10H13N3O. The number of H-pyrrole nitrogens is 1. The van der Waals surface area contributed by atoms with Gasteiger partial charge in [-0.15, -0.1) is 0 Å². The van der Waals surface area contributed by atoms with Crippen molar-refractivity contribution >= 4 is 5.91 Å². The van der Waals surface area contributed by atoms with Gasteiger partial charge < -0.3 is 10.3 Å². The Hall–Kier alpha value is -1.76. The molecule has 1 amide bonds. The minimum Gasteiger partial charge on any atom is -0.367 e. The van der Waals surface area contributed by atoms with Gasteiger partial charge in [-0.05, 0) is 25.5 Å². The van der Waals surface area contributed by atoms with Gasteiger partial charge in [-0.25, -0.2) is 0 Å². The predicted octanol–water partition coefficient (Wildman–Crippen LogP) is 1.28. The van der Waals surface area contributed by atoms with Crippen LogP contribution < -0.4 is 5.32 Å². The third-order valence-electron chi connectivity index (χ3n) is 2.01. The number of aromatic amines is 1. The molecule has 0 aliphatic heterocycles. The van der Waals surface area contributed by atoms with Crippen LogP contribution in [0, 0.1) is 11.3 Å². The summed E-state index contributed by atoms with van der Waals surface area (Å²) in [6.07, 6.45) is 3.52. The topological polar surface area (TPSA) is 68.7 Å². The van der Waals surface area contributed by atoms with Crippen LogP contribution in [0.5, 0.6) is 0 Å². The maximum absolute atomic E-state index is 11.2. The average Bonchev–Trinajstić information content (AvgIpc) is 2.54. The standard InChI is InChI=1S/C10H13N3O/c1-10(2,8-4-6-12-7-8)13-9(14)3-5-11/h4,6-7,12H,3H2,1-2H3,(H,13,14). The minimum atomic E-state index is -0.437. The van der Waals surface area contributed by atoms with Crippen molar-refractivity contribution in [3.63, 3.8) is 0 Å². The Labute approximate surface area is 82.9 Å². The van der Waals surface area contributed by atoms with Crippen molar-refractivity contribution in [3.05, 3.63) is 24.0 Å². The molecule has 1 aromatic heterocycles. The van der Waals surface area contributed by atoms with Crippen molar-refractivity contribution in [2.75, 3.05) is 0 Å². The first-order chi connectivity index (χ1) is 6.56. The fraction of sp³-hybridized carbons (Fsp3) is 0.400. The zero-order valence-corrected chi connectivity index (χ0v) is 8.29. The smallest absolute Gasteiger partial charge is 0.234 e. The molecule has 0 unspecified atom stereocenters. The van der Waals surface area contributed by atoms with Gasteiger partial charge in [0.15, 0.2) is 0 Å². The van der Waals surface area contributed by atoms with E-state index in [9.17, 15) is 4.79 Å². The molecule has 4 heteroatoms. The number of nitrogens with zero attached hydrogens (tertiary/aromatic N) is 1. The second kappa shape index (κ2) is 3.97. The van der Waals surface area contributed by atoms with E-state index in [4.69, 9.17) is 5.26 Å². The number of nitriles is 1. The molecule has 4 nitrogen and oxygen atoms in total. The lowest BCUT2D eigenvalue weighted by atomic mass is 9.97. The second-order valence-electron chi connectivity index (χ2n) is 3.61. The fourth-order valence-corrected chi connectivity index (χ4v) is 1.25. The number of amides is 1. The van der Waals surface area contributed by atoms with Gasteiger partial charge in [0.05, 0.1) is 11.6 Å². The van der Waals surface area contributed by atoms with E-state index in [1.54, 1.807) is 6.20 Å². The van der Waals surface area contributed by atoms with Crippen LogP contribution in [0.1, 0.15) is 25.8 Å². The first-order valence-corrected chi connectivity index (χ1v) is 4.37. The molecule has 14 heavy (non-hydrogen) atoms. The van der Waals surface area contributed by atoms with Gasteiger partial charge in [0.25, 0.3) is 0 Å². The zero-order chi connectivity index (χ0) is 10.6. The molecule has 0 saturated heterocycles. The number of nitrogens with one attached hydrogen (secondary N) is 2. The molecule has 0 aliphatic rings. The predicted molar refractivity (Wildman–Crippen MR) is 52.2 cm³/mol. The molecule has 0 atom stereocenters. The van der Waals surface area contributed by atoms with Crippen LogP contribution in [-0.4, -0.2) is 10.9 Å². The number of hydrogen-bond acceptors (Lipinski definition) is 2. The number of aromatic nitrogens is 1. The van der Waals surface area contributed by atoms with Gasteiger partial charge >= 0.3 is 0 Å². The van der Waals surface area contributed by atoms with Crippen LogP contribution in [0.4, 0.5) is 0 Å². The van der Waals surface area contributed by atoms with E-state index in [1.165, 1.54) is 0 Å². The van der Waals surface area contributed by atoms with Crippen molar-refractivity contribution in [1.82, 2.24) is 10.3 Å². The summed E-state index contributed by atoms with van der Waals surface area (Å²) in [5, 5.41) is 11.1. The van der Waals surface area contributed by atoms with Crippen molar-refractivity contribution in [2.45, 2.75) is 25.8 Å². The maximum atomic E-state index is 11.2. The average molecular weight is 191 g/mol. The van der Waals surface area contributed by atoms with Gasteiger partial charge in [0.1, 0.15) is 6.42 Å². The van der Waals surface area contributed by atoms with Gasteiger partial charge in [0.2, 0.25) is 5.91 Å². The first kappa shape index (κ1) is 10.3. The lowest BCUT2D eigenvalue weighted by molar-refractivity contribution is -0.121. The molecular weight excluding hydrogens is 178 g/mol. The molecule has 74 valence electrons. The third kappa shape index (κ3) is 2.36. The van der Waals surface area contributed by atoms with E-state index in [2.05, 4.69) is 10.3 Å². The highest BCUT2D eigenvalue weighted by Crippen LogP contribution is 2.18. The van der Waals surface area contributed by atoms with Gasteiger partial charge in [0, 0.05) is 12.4 Å². The molecule has 0 aliphatic carbocycles. The van der Waals surface area contributed by atoms with E-state index in [0.717, 1.165) is 5.56 Å². The van der Waals surface area contributed by atoms with Gasteiger partial charge in [-0.3, -0.25) is 4.79 Å². The van der Waals surface area contributed by atoms with Crippen LogP contribution in [0.25, 0.3) is 0 Å². The largest absolute Gasteiger partial charge is 0.367 e. The maximum Gasteiger partial charge on any atom is 0.234 e. The molecule has 2 N–H and O–H groups in total. The lowest BCUT2D eigenvalue weighted by Gasteiger charge is -2.24. The summed E-state index contributed by atoms with van der Waals surface area (Å²) in [5.41, 5.74) is 0.553. The zero-order valence-electron chi connectivity index (χ0n) is 8.29. The molecule has 1 aromatic rings. The summed E-state index contributed by atoms with van der Waals surface area (Å²) < 4.78 is 0. The Balaban J connectivity index is 2.68. The quantitative estimate of drug-likeness (QED) is 0.755. The Bertz CT molecular complexity index is 346. The Morgan fingerprint density at radius 1 is 1.71 bits per heavy atom. The summed E-state index contributed by atoms with van der Waals surface area (Å²) in [6.45, 7) is 3.79. The first-order valence-electron chi connectivity index (χ1n) is 4.37. The van der Waals surface area contributed by atoms with Crippen LogP contribution in [0.3, 0.4) is 0 Å². The van der Waals surface area contributed by atoms with E-state index in [-0.39, 0.29) is 12.3 Å². The van der Waals surface area contributed by atoms with Crippen molar-refractivity contribution in [3.8, 4) is 6.07 Å². The monoisotopic (exact) mass is 191 g/mol. The van der Waals surface area contributed by atoms with Crippen LogP contribution >= 0.6 is 0 Å². The Kier molecular flexibility index (Phi) is 2.92. The molecule has 1 rings (SSSR count). The van der Waals surface area contributed by atoms with E-state index in [0.29, 0.717) is 0 Å².